The van der Waals surface area contributed by atoms with E-state index in [-0.39, 0.29) is 18.0 Å². The van der Waals surface area contributed by atoms with Gasteiger partial charge in [0.1, 0.15) is 0 Å². The smallest absolute Gasteiger partial charge is 0.255 e. The minimum absolute atomic E-state index is 0.0401. The number of pyridine rings is 1. The van der Waals surface area contributed by atoms with E-state index in [1.165, 1.54) is 0 Å². The van der Waals surface area contributed by atoms with E-state index < -0.39 is 0 Å². The zero-order chi connectivity index (χ0) is 19.1. The normalized spacial score (nSPS) is 18.8. The topological polar surface area (TPSA) is 77.0 Å². The SMILES string of the molecule is Cc1nn(C)c2nc(-c3cccs3)cc(C(=O)N3CCCCC3C(C)N)c12. The van der Waals surface area contributed by atoms with Crippen LogP contribution in [0.25, 0.3) is 21.6 Å². The van der Waals surface area contributed by atoms with Crippen LogP contribution in [0.4, 0.5) is 0 Å². The van der Waals surface area contributed by atoms with Crippen LogP contribution >= 0.6 is 11.3 Å². The zero-order valence-electron chi connectivity index (χ0n) is 16.0. The highest BCUT2D eigenvalue weighted by Crippen LogP contribution is 2.31. The zero-order valence-corrected chi connectivity index (χ0v) is 16.8. The molecule has 0 saturated carbocycles. The Morgan fingerprint density at radius 2 is 2.22 bits per heavy atom. The summed E-state index contributed by atoms with van der Waals surface area (Å²) in [5.74, 6) is 0.0401. The molecule has 4 heterocycles. The second-order valence-electron chi connectivity index (χ2n) is 7.36. The number of amides is 1. The highest BCUT2D eigenvalue weighted by molar-refractivity contribution is 7.13. The number of nitrogens with two attached hydrogens (primary N) is 1. The van der Waals surface area contributed by atoms with E-state index in [0.717, 1.165) is 53.1 Å². The van der Waals surface area contributed by atoms with Crippen molar-refractivity contribution in [3.05, 3.63) is 34.8 Å². The van der Waals surface area contributed by atoms with Gasteiger partial charge in [0.15, 0.2) is 5.65 Å². The number of thiophene rings is 1. The molecule has 3 aromatic heterocycles. The minimum atomic E-state index is -0.0432. The number of aryl methyl sites for hydroxylation is 2. The fraction of sp³-hybridized carbons (Fsp3) is 0.450. The highest BCUT2D eigenvalue weighted by atomic mass is 32.1. The lowest BCUT2D eigenvalue weighted by Gasteiger charge is -2.38. The van der Waals surface area contributed by atoms with Crippen molar-refractivity contribution in [2.75, 3.05) is 6.54 Å². The molecule has 7 heteroatoms. The molecule has 1 aliphatic heterocycles. The Labute approximate surface area is 163 Å². The molecule has 1 amide bonds. The van der Waals surface area contributed by atoms with Crippen LogP contribution < -0.4 is 5.73 Å². The Kier molecular flexibility index (Phi) is 4.74. The van der Waals surface area contributed by atoms with E-state index in [2.05, 4.69) is 5.10 Å². The van der Waals surface area contributed by atoms with Crippen LogP contribution in [0.5, 0.6) is 0 Å². The molecule has 142 valence electrons. The first-order chi connectivity index (χ1) is 13.0. The standard InChI is InChI=1S/C20H25N5OS/c1-12(21)16-7-4-5-9-25(16)20(26)14-11-15(17-8-6-10-27-17)22-19-18(14)13(2)23-24(19)3/h6,8,10-12,16H,4-5,7,9,21H2,1-3H3. The van der Waals surface area contributed by atoms with Gasteiger partial charge in [0.05, 0.1) is 27.2 Å². The first kappa shape index (κ1) is 18.1. The van der Waals surface area contributed by atoms with Crippen molar-refractivity contribution in [2.45, 2.75) is 45.2 Å². The molecule has 0 spiro atoms. The van der Waals surface area contributed by atoms with E-state index in [4.69, 9.17) is 10.7 Å². The van der Waals surface area contributed by atoms with Gasteiger partial charge in [-0.1, -0.05) is 6.07 Å². The van der Waals surface area contributed by atoms with Gasteiger partial charge in [-0.25, -0.2) is 4.98 Å². The van der Waals surface area contributed by atoms with Gasteiger partial charge >= 0.3 is 0 Å². The van der Waals surface area contributed by atoms with Crippen molar-refractivity contribution in [3.63, 3.8) is 0 Å². The summed E-state index contributed by atoms with van der Waals surface area (Å²) in [5, 5.41) is 7.38. The number of carbonyl (C=O) groups is 1. The summed E-state index contributed by atoms with van der Waals surface area (Å²) < 4.78 is 1.76. The maximum absolute atomic E-state index is 13.6. The summed E-state index contributed by atoms with van der Waals surface area (Å²) in [7, 11) is 1.88. The highest BCUT2D eigenvalue weighted by Gasteiger charge is 2.32. The molecule has 2 N–H and O–H groups in total. The monoisotopic (exact) mass is 383 g/mol. The van der Waals surface area contributed by atoms with Gasteiger partial charge in [-0.15, -0.1) is 11.3 Å². The van der Waals surface area contributed by atoms with Gasteiger partial charge < -0.3 is 10.6 Å². The summed E-state index contributed by atoms with van der Waals surface area (Å²) in [6, 6.07) is 5.99. The van der Waals surface area contributed by atoms with Crippen LogP contribution in [0.3, 0.4) is 0 Å². The number of fused-ring (bicyclic) bond motifs is 1. The lowest BCUT2D eigenvalue weighted by atomic mass is 9.95. The second kappa shape index (κ2) is 7.05. The van der Waals surface area contributed by atoms with Gasteiger partial charge in [0.2, 0.25) is 0 Å². The summed E-state index contributed by atoms with van der Waals surface area (Å²) >= 11 is 1.62. The van der Waals surface area contributed by atoms with E-state index in [9.17, 15) is 4.79 Å². The molecule has 3 aromatic rings. The molecular weight excluding hydrogens is 358 g/mol. The Balaban J connectivity index is 1.88. The maximum atomic E-state index is 13.6. The Morgan fingerprint density at radius 1 is 1.41 bits per heavy atom. The lowest BCUT2D eigenvalue weighted by Crippen LogP contribution is -2.51. The molecule has 0 bridgehead atoms. The van der Waals surface area contributed by atoms with E-state index in [0.29, 0.717) is 5.56 Å². The predicted molar refractivity (Wildman–Crippen MR) is 109 cm³/mol. The minimum Gasteiger partial charge on any atom is -0.334 e. The van der Waals surface area contributed by atoms with Gasteiger partial charge in [-0.3, -0.25) is 9.48 Å². The van der Waals surface area contributed by atoms with E-state index >= 15 is 0 Å². The number of hydrogen-bond acceptors (Lipinski definition) is 5. The number of hydrogen-bond donors (Lipinski definition) is 1. The average Bonchev–Trinajstić information content (AvgIpc) is 3.29. The summed E-state index contributed by atoms with van der Waals surface area (Å²) in [5.41, 5.74) is 9.28. The Hall–Kier alpha value is -2.25. The van der Waals surface area contributed by atoms with Crippen molar-refractivity contribution in [2.24, 2.45) is 12.8 Å². The Bertz CT molecular complexity index is 976. The van der Waals surface area contributed by atoms with E-state index in [1.807, 2.05) is 49.4 Å². The summed E-state index contributed by atoms with van der Waals surface area (Å²) in [6.45, 7) is 4.68. The van der Waals surface area contributed by atoms with Crippen LogP contribution in [0.1, 0.15) is 42.2 Å². The molecule has 27 heavy (non-hydrogen) atoms. The van der Waals surface area contributed by atoms with Crippen molar-refractivity contribution in [1.29, 1.82) is 0 Å². The lowest BCUT2D eigenvalue weighted by molar-refractivity contribution is 0.0586. The van der Waals surface area contributed by atoms with Crippen LogP contribution in [0, 0.1) is 6.92 Å². The van der Waals surface area contributed by atoms with Crippen LogP contribution in [-0.4, -0.2) is 44.2 Å². The second-order valence-corrected chi connectivity index (χ2v) is 8.31. The third kappa shape index (κ3) is 3.15. The average molecular weight is 384 g/mol. The fourth-order valence-electron chi connectivity index (χ4n) is 4.07. The van der Waals surface area contributed by atoms with Crippen molar-refractivity contribution < 1.29 is 4.79 Å². The molecule has 6 nitrogen and oxygen atoms in total. The molecule has 0 aromatic carbocycles. The van der Waals surface area contributed by atoms with Gasteiger partial charge in [-0.05, 0) is 50.6 Å². The van der Waals surface area contributed by atoms with Gasteiger partial charge in [0.25, 0.3) is 5.91 Å². The van der Waals surface area contributed by atoms with Crippen LogP contribution in [-0.2, 0) is 7.05 Å². The first-order valence-corrected chi connectivity index (χ1v) is 10.3. The molecule has 2 unspecified atom stereocenters. The molecule has 2 atom stereocenters. The number of carbonyl (C=O) groups excluding carboxylic acids is 1. The van der Waals surface area contributed by atoms with E-state index in [1.54, 1.807) is 16.0 Å². The largest absolute Gasteiger partial charge is 0.334 e. The fourth-order valence-corrected chi connectivity index (χ4v) is 4.76. The molecule has 0 aliphatic carbocycles. The third-order valence-electron chi connectivity index (χ3n) is 5.39. The molecule has 1 aliphatic rings. The number of nitrogens with zero attached hydrogens (tertiary/aromatic N) is 4. The molecule has 4 rings (SSSR count). The number of rotatable bonds is 3. The number of likely N-dealkylation sites (tertiary alicyclic amines) is 1. The van der Waals surface area contributed by atoms with Gasteiger partial charge in [0, 0.05) is 25.7 Å². The molecule has 0 radical (unpaired) electrons. The summed E-state index contributed by atoms with van der Waals surface area (Å²) in [4.78, 5) is 21.4. The number of aromatic nitrogens is 3. The van der Waals surface area contributed by atoms with Crippen LogP contribution in [0.2, 0.25) is 0 Å². The predicted octanol–water partition coefficient (Wildman–Crippen LogP) is 3.35. The number of piperidine rings is 1. The molecule has 1 saturated heterocycles. The first-order valence-electron chi connectivity index (χ1n) is 9.42. The van der Waals surface area contributed by atoms with Crippen LogP contribution in [0.15, 0.2) is 23.6 Å². The van der Waals surface area contributed by atoms with Crippen molar-refractivity contribution in [1.82, 2.24) is 19.7 Å². The van der Waals surface area contributed by atoms with Crippen molar-refractivity contribution in [3.8, 4) is 10.6 Å². The van der Waals surface area contributed by atoms with Crippen molar-refractivity contribution >= 4 is 28.3 Å². The molecule has 1 fully saturated rings. The third-order valence-corrected chi connectivity index (χ3v) is 6.28. The van der Waals surface area contributed by atoms with Gasteiger partial charge in [-0.2, -0.15) is 5.10 Å². The quantitative estimate of drug-likeness (QED) is 0.752. The molecular formula is C20H25N5OS. The Morgan fingerprint density at radius 3 is 2.93 bits per heavy atom. The maximum Gasteiger partial charge on any atom is 0.255 e. The summed E-state index contributed by atoms with van der Waals surface area (Å²) in [6.07, 6.45) is 3.10.